The molecule has 1 aliphatic rings. The monoisotopic (exact) mass is 425 g/mol. The molecule has 1 atom stereocenters. The zero-order valence-corrected chi connectivity index (χ0v) is 16.8. The average Bonchev–Trinajstić information content (AvgIpc) is 3.10. The third-order valence-corrected chi connectivity index (χ3v) is 7.16. The molecule has 2 amide bonds. The second kappa shape index (κ2) is 8.38. The minimum absolute atomic E-state index is 0.165. The van der Waals surface area contributed by atoms with Gasteiger partial charge in [0.15, 0.2) is 0 Å². The Balaban J connectivity index is 1.56. The van der Waals surface area contributed by atoms with Gasteiger partial charge in [0.05, 0.1) is 15.8 Å². The van der Waals surface area contributed by atoms with Gasteiger partial charge in [-0.15, -0.1) is 11.3 Å². The molecular weight excluding hydrogens is 405 g/mol. The van der Waals surface area contributed by atoms with Crippen LogP contribution in [0, 0.1) is 5.82 Å². The van der Waals surface area contributed by atoms with E-state index in [1.165, 1.54) is 28.7 Å². The van der Waals surface area contributed by atoms with Gasteiger partial charge in [0, 0.05) is 4.88 Å². The van der Waals surface area contributed by atoms with Gasteiger partial charge in [-0.25, -0.2) is 12.8 Å². The average molecular weight is 426 g/mol. The molecule has 0 saturated heterocycles. The number of hydrogen-bond donors (Lipinski definition) is 3. The minimum atomic E-state index is -4.00. The predicted octanol–water partition coefficient (Wildman–Crippen LogP) is 1.89. The number of rotatable bonds is 5. The Kier molecular flexibility index (Phi) is 6.11. The molecule has 1 heterocycles. The number of fused-ring (bicyclic) bond motifs is 1. The van der Waals surface area contributed by atoms with E-state index in [4.69, 9.17) is 0 Å². The van der Waals surface area contributed by atoms with Gasteiger partial charge in [0.25, 0.3) is 11.8 Å². The number of nitrogens with one attached hydrogen (secondary N) is 3. The van der Waals surface area contributed by atoms with Crippen molar-refractivity contribution in [1.29, 1.82) is 0 Å². The number of carbonyl (C=O) groups excluding carboxylic acids is 2. The fraction of sp³-hybridized carbons (Fsp3) is 0.333. The van der Waals surface area contributed by atoms with Crippen molar-refractivity contribution in [3.8, 4) is 0 Å². The lowest BCUT2D eigenvalue weighted by Gasteiger charge is -2.14. The summed E-state index contributed by atoms with van der Waals surface area (Å²) in [6.07, 6.45) is 4.12. The molecule has 0 fully saturated rings. The second-order valence-corrected chi connectivity index (χ2v) is 9.36. The number of sulfonamides is 1. The van der Waals surface area contributed by atoms with E-state index in [1.54, 1.807) is 0 Å². The van der Waals surface area contributed by atoms with Gasteiger partial charge < -0.3 is 0 Å². The summed E-state index contributed by atoms with van der Waals surface area (Å²) in [7, 11) is -4.00. The number of amides is 2. The number of hydrogen-bond acceptors (Lipinski definition) is 5. The van der Waals surface area contributed by atoms with Crippen LogP contribution in [0.15, 0.2) is 35.2 Å². The summed E-state index contributed by atoms with van der Waals surface area (Å²) in [6, 6.07) is 4.92. The van der Waals surface area contributed by atoms with Crippen LogP contribution in [-0.4, -0.2) is 26.3 Å². The summed E-state index contributed by atoms with van der Waals surface area (Å²) in [5.74, 6) is -1.73. The molecule has 0 bridgehead atoms. The van der Waals surface area contributed by atoms with Gasteiger partial charge >= 0.3 is 0 Å². The molecule has 150 valence electrons. The van der Waals surface area contributed by atoms with E-state index in [0.717, 1.165) is 49.9 Å². The molecule has 10 heteroatoms. The minimum Gasteiger partial charge on any atom is -0.271 e. The molecule has 1 unspecified atom stereocenters. The topological polar surface area (TPSA) is 104 Å². The standard InChI is InChI=1S/C18H20FN3O4S2/c1-11(22-28(25,26)14-8-6-13(19)7-9-14)17(23)20-21-18(24)16-10-12-4-2-3-5-15(12)27-16/h6-11,22H,2-5H2,1H3,(H,20,23)(H,21,24). The molecule has 0 aliphatic heterocycles. The largest absolute Gasteiger partial charge is 0.279 e. The molecule has 0 saturated carbocycles. The maximum atomic E-state index is 12.9. The molecule has 3 N–H and O–H groups in total. The normalized spacial score (nSPS) is 14.8. The zero-order chi connectivity index (χ0) is 20.3. The summed E-state index contributed by atoms with van der Waals surface area (Å²) >= 11 is 1.41. The van der Waals surface area contributed by atoms with Crippen molar-refractivity contribution in [3.63, 3.8) is 0 Å². The lowest BCUT2D eigenvalue weighted by molar-refractivity contribution is -0.123. The number of carbonyl (C=O) groups is 2. The highest BCUT2D eigenvalue weighted by molar-refractivity contribution is 7.89. The first-order valence-corrected chi connectivity index (χ1v) is 11.1. The van der Waals surface area contributed by atoms with Crippen LogP contribution in [0.2, 0.25) is 0 Å². The van der Waals surface area contributed by atoms with Crippen molar-refractivity contribution in [3.05, 3.63) is 51.5 Å². The molecule has 2 aromatic rings. The van der Waals surface area contributed by atoms with Crippen LogP contribution < -0.4 is 15.6 Å². The maximum absolute atomic E-state index is 12.9. The first kappa shape index (κ1) is 20.4. The van der Waals surface area contributed by atoms with Crippen LogP contribution in [0.3, 0.4) is 0 Å². The van der Waals surface area contributed by atoms with Crippen molar-refractivity contribution in [2.24, 2.45) is 0 Å². The molecule has 1 aromatic heterocycles. The summed E-state index contributed by atoms with van der Waals surface area (Å²) in [6.45, 7) is 1.34. The third-order valence-electron chi connectivity index (χ3n) is 4.37. The second-order valence-electron chi connectivity index (χ2n) is 6.51. The quantitative estimate of drug-likeness (QED) is 0.637. The summed E-state index contributed by atoms with van der Waals surface area (Å²) in [4.78, 5) is 25.9. The van der Waals surface area contributed by atoms with Gasteiger partial charge in [-0.1, -0.05) is 0 Å². The van der Waals surface area contributed by atoms with E-state index >= 15 is 0 Å². The molecule has 28 heavy (non-hydrogen) atoms. The summed E-state index contributed by atoms with van der Waals surface area (Å²) in [5.41, 5.74) is 5.71. The number of halogens is 1. The SMILES string of the molecule is CC(NS(=O)(=O)c1ccc(F)cc1)C(=O)NNC(=O)c1cc2c(s1)CCCC2. The number of thiophene rings is 1. The first-order chi connectivity index (χ1) is 13.3. The zero-order valence-electron chi connectivity index (χ0n) is 15.1. The van der Waals surface area contributed by atoms with E-state index in [-0.39, 0.29) is 4.90 Å². The molecule has 0 spiro atoms. The van der Waals surface area contributed by atoms with Crippen molar-refractivity contribution in [2.75, 3.05) is 0 Å². The lowest BCUT2D eigenvalue weighted by atomic mass is 9.99. The van der Waals surface area contributed by atoms with Crippen LogP contribution in [-0.2, 0) is 27.7 Å². The molecule has 7 nitrogen and oxygen atoms in total. The van der Waals surface area contributed by atoms with Crippen LogP contribution >= 0.6 is 11.3 Å². The van der Waals surface area contributed by atoms with Crippen LogP contribution in [0.25, 0.3) is 0 Å². The van der Waals surface area contributed by atoms with Gasteiger partial charge in [-0.3, -0.25) is 20.4 Å². The third kappa shape index (κ3) is 4.75. The Morgan fingerprint density at radius 1 is 1.11 bits per heavy atom. The summed E-state index contributed by atoms with van der Waals surface area (Å²) < 4.78 is 39.6. The van der Waals surface area contributed by atoms with E-state index in [2.05, 4.69) is 15.6 Å². The van der Waals surface area contributed by atoms with Crippen molar-refractivity contribution < 1.29 is 22.4 Å². The Morgan fingerprint density at radius 3 is 2.46 bits per heavy atom. The van der Waals surface area contributed by atoms with Crippen molar-refractivity contribution in [1.82, 2.24) is 15.6 Å². The Bertz CT molecular complexity index is 963. The molecular formula is C18H20FN3O4S2. The highest BCUT2D eigenvalue weighted by Gasteiger charge is 2.23. The van der Waals surface area contributed by atoms with Crippen molar-refractivity contribution in [2.45, 2.75) is 43.5 Å². The van der Waals surface area contributed by atoms with Gasteiger partial charge in [0.2, 0.25) is 10.0 Å². The highest BCUT2D eigenvalue weighted by Crippen LogP contribution is 2.29. The maximum Gasteiger partial charge on any atom is 0.279 e. The van der Waals surface area contributed by atoms with E-state index in [1.807, 2.05) is 6.07 Å². The number of aryl methyl sites for hydroxylation is 2. The van der Waals surface area contributed by atoms with Crippen molar-refractivity contribution >= 4 is 33.2 Å². The first-order valence-electron chi connectivity index (χ1n) is 8.76. The smallest absolute Gasteiger partial charge is 0.271 e. The van der Waals surface area contributed by atoms with Crippen LogP contribution in [0.5, 0.6) is 0 Å². The fourth-order valence-corrected chi connectivity index (χ4v) is 5.21. The van der Waals surface area contributed by atoms with E-state index in [9.17, 15) is 22.4 Å². The molecule has 1 aromatic carbocycles. The molecule has 3 rings (SSSR count). The highest BCUT2D eigenvalue weighted by atomic mass is 32.2. The van der Waals surface area contributed by atoms with Crippen LogP contribution in [0.1, 0.15) is 39.9 Å². The number of hydrazine groups is 1. The van der Waals surface area contributed by atoms with E-state index in [0.29, 0.717) is 4.88 Å². The fourth-order valence-electron chi connectivity index (χ4n) is 2.86. The Hall–Kier alpha value is -2.30. The molecule has 0 radical (unpaired) electrons. The Morgan fingerprint density at radius 2 is 1.79 bits per heavy atom. The van der Waals surface area contributed by atoms with Gasteiger partial charge in [-0.2, -0.15) is 4.72 Å². The summed E-state index contributed by atoms with van der Waals surface area (Å²) in [5, 5.41) is 0. The molecule has 1 aliphatic carbocycles. The van der Waals surface area contributed by atoms with Gasteiger partial charge in [0.1, 0.15) is 5.82 Å². The number of benzene rings is 1. The Labute approximate surface area is 166 Å². The van der Waals surface area contributed by atoms with E-state index < -0.39 is 33.7 Å². The van der Waals surface area contributed by atoms with Crippen LogP contribution in [0.4, 0.5) is 4.39 Å². The lowest BCUT2D eigenvalue weighted by Crippen LogP contribution is -2.50. The van der Waals surface area contributed by atoms with Gasteiger partial charge in [-0.05, 0) is 68.5 Å². The predicted molar refractivity (Wildman–Crippen MR) is 103 cm³/mol.